The summed E-state index contributed by atoms with van der Waals surface area (Å²) in [7, 11) is -1.43. The smallest absolute Gasteiger partial charge is 0.195 e. The molecule has 0 unspecified atom stereocenters. The van der Waals surface area contributed by atoms with E-state index in [0.717, 1.165) is 0 Å². The van der Waals surface area contributed by atoms with Crippen molar-refractivity contribution in [1.29, 1.82) is 0 Å². The summed E-state index contributed by atoms with van der Waals surface area (Å²) in [6.45, 7) is 14.5. The van der Waals surface area contributed by atoms with E-state index in [1.165, 1.54) is 0 Å². The van der Waals surface area contributed by atoms with Gasteiger partial charge in [-0.2, -0.15) is 0 Å². The van der Waals surface area contributed by atoms with Crippen molar-refractivity contribution in [3.8, 4) is 0 Å². The van der Waals surface area contributed by atoms with Crippen molar-refractivity contribution in [1.82, 2.24) is 0 Å². The standard InChI is InChI=1S/C14H29NO5Si/c1-12(2,3)16-8-9-10-11(19-13(4,5)18-10)14(17-9,20-15)21(6)7/h9-11,21H,8,15H2,1-7H3/t9-,10-,11-,14+/m0/s1. The Morgan fingerprint density at radius 1 is 1.14 bits per heavy atom. The molecule has 0 radical (unpaired) electrons. The van der Waals surface area contributed by atoms with E-state index >= 15 is 0 Å². The van der Waals surface area contributed by atoms with E-state index in [2.05, 4.69) is 13.1 Å². The summed E-state index contributed by atoms with van der Waals surface area (Å²) in [6.07, 6.45) is -0.770. The second kappa shape index (κ2) is 5.56. The van der Waals surface area contributed by atoms with E-state index in [1.807, 2.05) is 34.6 Å². The van der Waals surface area contributed by atoms with E-state index < -0.39 is 20.0 Å². The Morgan fingerprint density at radius 2 is 1.76 bits per heavy atom. The minimum atomic E-state index is -1.43. The third kappa shape index (κ3) is 3.34. The first-order valence-corrected chi connectivity index (χ1v) is 10.4. The Balaban J connectivity index is 2.21. The Bertz CT molecular complexity index is 384. The summed E-state index contributed by atoms with van der Waals surface area (Å²) in [5, 5.41) is 0. The summed E-state index contributed by atoms with van der Waals surface area (Å²) in [6, 6.07) is 0. The summed E-state index contributed by atoms with van der Waals surface area (Å²) in [5.41, 5.74) is -1.11. The third-order valence-corrected chi connectivity index (χ3v) is 6.11. The van der Waals surface area contributed by atoms with Gasteiger partial charge in [0.15, 0.2) is 11.2 Å². The molecule has 0 aromatic carbocycles. The van der Waals surface area contributed by atoms with Crippen LogP contribution in [0.2, 0.25) is 13.1 Å². The van der Waals surface area contributed by atoms with Crippen molar-refractivity contribution in [3.05, 3.63) is 0 Å². The van der Waals surface area contributed by atoms with Crippen LogP contribution in [-0.4, -0.2) is 50.5 Å². The molecule has 0 bridgehead atoms. The van der Waals surface area contributed by atoms with Crippen molar-refractivity contribution in [3.63, 3.8) is 0 Å². The molecule has 124 valence electrons. The quantitative estimate of drug-likeness (QED) is 0.623. The minimum Gasteiger partial charge on any atom is -0.373 e. The van der Waals surface area contributed by atoms with E-state index in [0.29, 0.717) is 6.61 Å². The van der Waals surface area contributed by atoms with Gasteiger partial charge in [-0.1, -0.05) is 13.1 Å². The third-order valence-electron chi connectivity index (χ3n) is 3.90. The van der Waals surface area contributed by atoms with E-state index in [1.54, 1.807) is 0 Å². The van der Waals surface area contributed by atoms with Crippen LogP contribution in [0.4, 0.5) is 0 Å². The Kier molecular flexibility index (Phi) is 4.59. The summed E-state index contributed by atoms with van der Waals surface area (Å²) in [5.74, 6) is 4.93. The molecule has 2 heterocycles. The lowest BCUT2D eigenvalue weighted by Gasteiger charge is -2.35. The van der Waals surface area contributed by atoms with Crippen molar-refractivity contribution in [2.24, 2.45) is 5.90 Å². The predicted octanol–water partition coefficient (Wildman–Crippen LogP) is 1.33. The topological polar surface area (TPSA) is 72.2 Å². The highest BCUT2D eigenvalue weighted by Crippen LogP contribution is 2.45. The van der Waals surface area contributed by atoms with Crippen LogP contribution in [0.25, 0.3) is 0 Å². The zero-order chi connectivity index (χ0) is 16.1. The van der Waals surface area contributed by atoms with E-state index in [4.69, 9.17) is 29.7 Å². The molecule has 2 saturated heterocycles. The molecular weight excluding hydrogens is 290 g/mol. The van der Waals surface area contributed by atoms with Crippen molar-refractivity contribution >= 4 is 8.80 Å². The average Bonchev–Trinajstić information content (AvgIpc) is 2.77. The monoisotopic (exact) mass is 319 g/mol. The molecule has 0 aromatic rings. The van der Waals surface area contributed by atoms with Gasteiger partial charge in [-0.3, -0.25) is 4.84 Å². The first-order chi connectivity index (χ1) is 9.51. The molecular formula is C14H29NO5Si. The normalized spacial score (nSPS) is 39.0. The van der Waals surface area contributed by atoms with Gasteiger partial charge < -0.3 is 18.9 Å². The van der Waals surface area contributed by atoms with Crippen LogP contribution in [0.3, 0.4) is 0 Å². The molecule has 7 heteroatoms. The van der Waals surface area contributed by atoms with Gasteiger partial charge in [-0.25, -0.2) is 5.90 Å². The molecule has 2 fully saturated rings. The van der Waals surface area contributed by atoms with Crippen LogP contribution in [0.1, 0.15) is 34.6 Å². The van der Waals surface area contributed by atoms with Crippen molar-refractivity contribution in [2.45, 2.75) is 82.8 Å². The SMILES string of the molecule is C[SiH](C)[C@@]1(ON)O[C@@H](COC(C)(C)C)[C@@H]2OC(C)(C)O[C@@H]21. The van der Waals surface area contributed by atoms with Gasteiger partial charge in [0.25, 0.3) is 0 Å². The lowest BCUT2D eigenvalue weighted by atomic mass is 10.1. The van der Waals surface area contributed by atoms with Crippen LogP contribution in [-0.2, 0) is 23.8 Å². The number of ether oxygens (including phenoxy) is 4. The van der Waals surface area contributed by atoms with Gasteiger partial charge in [0.1, 0.15) is 27.1 Å². The maximum atomic E-state index is 6.15. The van der Waals surface area contributed by atoms with E-state index in [9.17, 15) is 0 Å². The maximum Gasteiger partial charge on any atom is 0.195 e. The van der Waals surface area contributed by atoms with Crippen LogP contribution in [0.15, 0.2) is 0 Å². The van der Waals surface area contributed by atoms with E-state index in [-0.39, 0.29) is 23.9 Å². The van der Waals surface area contributed by atoms with Gasteiger partial charge >= 0.3 is 0 Å². The van der Waals surface area contributed by atoms with Gasteiger partial charge in [0.2, 0.25) is 0 Å². The fourth-order valence-electron chi connectivity index (χ4n) is 2.90. The summed E-state index contributed by atoms with van der Waals surface area (Å²) in [4.78, 5) is 5.31. The fraction of sp³-hybridized carbons (Fsp3) is 1.00. The Morgan fingerprint density at radius 3 is 2.24 bits per heavy atom. The molecule has 0 spiro atoms. The zero-order valence-electron chi connectivity index (χ0n) is 14.1. The highest BCUT2D eigenvalue weighted by atomic mass is 28.3. The van der Waals surface area contributed by atoms with Crippen LogP contribution >= 0.6 is 0 Å². The van der Waals surface area contributed by atoms with Crippen molar-refractivity contribution in [2.75, 3.05) is 6.61 Å². The average molecular weight is 319 g/mol. The summed E-state index contributed by atoms with van der Waals surface area (Å²) < 4.78 is 24.1. The molecule has 2 aliphatic heterocycles. The number of nitrogens with two attached hydrogens (primary N) is 1. The number of rotatable bonds is 4. The predicted molar refractivity (Wildman–Crippen MR) is 81.3 cm³/mol. The van der Waals surface area contributed by atoms with Crippen LogP contribution in [0.5, 0.6) is 0 Å². The van der Waals surface area contributed by atoms with Gasteiger partial charge in [0, 0.05) is 0 Å². The first kappa shape index (κ1) is 17.3. The Hall–Kier alpha value is -0.0231. The molecule has 0 aromatic heterocycles. The molecule has 4 atom stereocenters. The van der Waals surface area contributed by atoms with Gasteiger partial charge in [-0.05, 0) is 34.6 Å². The fourth-order valence-corrected chi connectivity index (χ4v) is 4.53. The molecule has 2 aliphatic rings. The summed E-state index contributed by atoms with van der Waals surface area (Å²) >= 11 is 0. The highest BCUT2D eigenvalue weighted by Gasteiger charge is 2.65. The molecule has 0 aliphatic carbocycles. The second-order valence-corrected chi connectivity index (χ2v) is 10.7. The molecule has 0 saturated carbocycles. The van der Waals surface area contributed by atoms with Gasteiger partial charge in [-0.15, -0.1) is 0 Å². The molecule has 2 N–H and O–H groups in total. The Labute approximate surface area is 128 Å². The molecule has 6 nitrogen and oxygen atoms in total. The van der Waals surface area contributed by atoms with Gasteiger partial charge in [0.05, 0.1) is 12.2 Å². The molecule has 21 heavy (non-hydrogen) atoms. The minimum absolute atomic E-state index is 0.221. The van der Waals surface area contributed by atoms with Crippen LogP contribution < -0.4 is 5.90 Å². The zero-order valence-corrected chi connectivity index (χ0v) is 15.3. The maximum absolute atomic E-state index is 6.15. The number of fused-ring (bicyclic) bond motifs is 1. The lowest BCUT2D eigenvalue weighted by Crippen LogP contribution is -2.56. The largest absolute Gasteiger partial charge is 0.373 e. The molecule has 0 amide bonds. The lowest BCUT2D eigenvalue weighted by molar-refractivity contribution is -0.265. The second-order valence-electron chi connectivity index (χ2n) is 7.59. The van der Waals surface area contributed by atoms with Crippen LogP contribution in [0, 0.1) is 0 Å². The van der Waals surface area contributed by atoms with Crippen molar-refractivity contribution < 1.29 is 23.8 Å². The highest BCUT2D eigenvalue weighted by molar-refractivity contribution is 6.59. The number of hydrogen-bond acceptors (Lipinski definition) is 6. The molecule has 2 rings (SSSR count). The first-order valence-electron chi connectivity index (χ1n) is 7.56. The number of hydrogen-bond donors (Lipinski definition) is 1.